The molecule has 0 aliphatic carbocycles. The minimum absolute atomic E-state index is 0. The van der Waals surface area contributed by atoms with Crippen molar-refractivity contribution in [2.45, 2.75) is 38.1 Å². The molecule has 0 aliphatic rings. The fourth-order valence-corrected chi connectivity index (χ4v) is 3.03. The first-order chi connectivity index (χ1) is 15.0. The molecule has 0 bridgehead atoms. The second-order valence-electron chi connectivity index (χ2n) is 7.77. The molecule has 11 heteroatoms. The fourth-order valence-electron chi connectivity index (χ4n) is 3.03. The fraction of sp³-hybridized carbons (Fsp3) is 0.417. The number of aliphatic carboxylic acids is 2. The van der Waals surface area contributed by atoms with Gasteiger partial charge in [-0.15, -0.1) is 0 Å². The van der Waals surface area contributed by atoms with Crippen LogP contribution in [0.3, 0.4) is 0 Å². The molecule has 10 nitrogen and oxygen atoms in total. The summed E-state index contributed by atoms with van der Waals surface area (Å²) in [6.45, 7) is 3.18. The van der Waals surface area contributed by atoms with Crippen molar-refractivity contribution in [2.24, 2.45) is 0 Å². The van der Waals surface area contributed by atoms with Crippen molar-refractivity contribution in [1.29, 1.82) is 0 Å². The molecule has 0 aromatic heterocycles. The average molecular weight is 539 g/mol. The number of carboxylic acids is 2. The molecule has 0 heterocycles. The van der Waals surface area contributed by atoms with E-state index in [-0.39, 0.29) is 52.6 Å². The van der Waals surface area contributed by atoms with E-state index in [4.69, 9.17) is 0 Å². The van der Waals surface area contributed by atoms with Crippen LogP contribution in [0.2, 0.25) is 0 Å². The third kappa shape index (κ3) is 13.3. The molecule has 200 valence electrons. The number of hydrogen-bond acceptors (Lipinski definition) is 8. The van der Waals surface area contributed by atoms with E-state index < -0.39 is 24.1 Å². The Morgan fingerprint density at radius 3 is 1.20 bits per heavy atom. The summed E-state index contributed by atoms with van der Waals surface area (Å²) in [5.74, 6) is -2.29. The van der Waals surface area contributed by atoms with Crippen molar-refractivity contribution in [3.05, 3.63) is 71.8 Å². The number of carbonyl (C=O) groups excluding carboxylic acids is 2. The van der Waals surface area contributed by atoms with Gasteiger partial charge in [-0.2, -0.15) is 0 Å². The Morgan fingerprint density at radius 1 is 0.714 bits per heavy atom. The Bertz CT molecular complexity index is 759. The molecule has 0 saturated heterocycles. The normalized spacial score (nSPS) is 13.5. The van der Waals surface area contributed by atoms with Gasteiger partial charge >= 0.3 is 16.5 Å². The zero-order valence-electron chi connectivity index (χ0n) is 20.2. The SMILES string of the molecule is C[C@H]([C@@H](O)c1ccccc1)N(C)CC(=O)[O-].C[C@H]([C@@H](O)c1ccccc1)N(C)CC(=O)[O-].O.O.[Ni+2]. The van der Waals surface area contributed by atoms with Gasteiger partial charge in [0.05, 0.1) is 24.1 Å². The summed E-state index contributed by atoms with van der Waals surface area (Å²) in [5, 5.41) is 40.9. The van der Waals surface area contributed by atoms with Crippen molar-refractivity contribution >= 4 is 11.9 Å². The standard InChI is InChI=1S/2C12H17NO3.Ni.2H2O/c2*1-9(13(2)8-11(14)15)12(16)10-6-4-3-5-7-10;;;/h2*3-7,9,12,16H,8H2,1-2H3,(H,14,15);;2*1H2/q;;+2;;/p-2/t2*9-,12-;;;/m11.../s1. The molecule has 0 fully saturated rings. The second-order valence-corrected chi connectivity index (χ2v) is 7.77. The topological polar surface area (TPSA) is 190 Å². The zero-order valence-corrected chi connectivity index (χ0v) is 21.2. The Hall–Kier alpha value is -2.37. The molecule has 35 heavy (non-hydrogen) atoms. The largest absolute Gasteiger partial charge is 2.00 e. The Kier molecular flexibility index (Phi) is 20.1. The van der Waals surface area contributed by atoms with Crippen molar-refractivity contribution < 1.29 is 57.5 Å². The molecule has 2 aromatic carbocycles. The number of hydrogen-bond donors (Lipinski definition) is 2. The third-order valence-corrected chi connectivity index (χ3v) is 5.34. The summed E-state index contributed by atoms with van der Waals surface area (Å²) in [7, 11) is 3.29. The van der Waals surface area contributed by atoms with Crippen LogP contribution in [-0.2, 0) is 26.1 Å². The number of aliphatic hydroxyl groups excluding tert-OH is 2. The van der Waals surface area contributed by atoms with Crippen molar-refractivity contribution in [1.82, 2.24) is 9.80 Å². The number of likely N-dealkylation sites (N-methyl/N-ethyl adjacent to an activating group) is 2. The van der Waals surface area contributed by atoms with Gasteiger partial charge in [0.25, 0.3) is 0 Å². The maximum Gasteiger partial charge on any atom is 2.00 e. The predicted octanol–water partition coefficient (Wildman–Crippen LogP) is -2.07. The third-order valence-electron chi connectivity index (χ3n) is 5.34. The molecule has 2 rings (SSSR count). The van der Waals surface area contributed by atoms with Gasteiger partial charge in [-0.05, 0) is 39.1 Å². The first-order valence-corrected chi connectivity index (χ1v) is 10.3. The summed E-state index contributed by atoms with van der Waals surface area (Å²) in [5.41, 5.74) is 1.56. The molecule has 0 amide bonds. The van der Waals surface area contributed by atoms with Crippen LogP contribution in [0.5, 0.6) is 0 Å². The van der Waals surface area contributed by atoms with Gasteiger partial charge in [0.1, 0.15) is 0 Å². The number of carbonyl (C=O) groups is 2. The molecule has 6 N–H and O–H groups in total. The van der Waals surface area contributed by atoms with Crippen molar-refractivity contribution in [2.75, 3.05) is 27.2 Å². The van der Waals surface area contributed by atoms with Crippen LogP contribution < -0.4 is 10.2 Å². The van der Waals surface area contributed by atoms with E-state index in [2.05, 4.69) is 0 Å². The van der Waals surface area contributed by atoms with Crippen LogP contribution in [0, 0.1) is 0 Å². The van der Waals surface area contributed by atoms with Gasteiger partial charge in [0.15, 0.2) is 0 Å². The quantitative estimate of drug-likeness (QED) is 0.322. The molecular formula is C24H36N2NiO8. The maximum atomic E-state index is 10.4. The summed E-state index contributed by atoms with van der Waals surface area (Å²) in [6, 6.07) is 17.8. The first-order valence-electron chi connectivity index (χ1n) is 10.3. The number of benzene rings is 2. The minimum atomic E-state index is -1.14. The second kappa shape index (κ2) is 18.9. The summed E-state index contributed by atoms with van der Waals surface area (Å²) in [6.07, 6.45) is -1.41. The predicted molar refractivity (Wildman–Crippen MR) is 124 cm³/mol. The summed E-state index contributed by atoms with van der Waals surface area (Å²) >= 11 is 0. The van der Waals surface area contributed by atoms with Crippen LogP contribution in [-0.4, -0.2) is 82.2 Å². The molecular weight excluding hydrogens is 503 g/mol. The minimum Gasteiger partial charge on any atom is -0.549 e. The molecule has 0 unspecified atom stereocenters. The average Bonchev–Trinajstić information content (AvgIpc) is 2.77. The van der Waals surface area contributed by atoms with Gasteiger partial charge in [-0.1, -0.05) is 60.7 Å². The summed E-state index contributed by atoms with van der Waals surface area (Å²) in [4.78, 5) is 24.0. The van der Waals surface area contributed by atoms with Crippen LogP contribution in [0.4, 0.5) is 0 Å². The number of aliphatic hydroxyl groups is 2. The van der Waals surface area contributed by atoms with E-state index in [0.29, 0.717) is 0 Å². The molecule has 4 atom stereocenters. The van der Waals surface area contributed by atoms with Gasteiger partial charge in [0.2, 0.25) is 0 Å². The number of rotatable bonds is 10. The first kappa shape index (κ1) is 37.2. The number of nitrogens with zero attached hydrogens (tertiary/aromatic N) is 2. The Balaban J connectivity index is -0.000000539. The van der Waals surface area contributed by atoms with Crippen LogP contribution in [0.25, 0.3) is 0 Å². The van der Waals surface area contributed by atoms with Crippen LogP contribution >= 0.6 is 0 Å². The van der Waals surface area contributed by atoms with Gasteiger partial charge in [-0.3, -0.25) is 9.80 Å². The smallest absolute Gasteiger partial charge is 0.549 e. The van der Waals surface area contributed by atoms with Crippen LogP contribution in [0.15, 0.2) is 60.7 Å². The molecule has 0 spiro atoms. The monoisotopic (exact) mass is 538 g/mol. The zero-order chi connectivity index (χ0) is 24.3. The Labute approximate surface area is 216 Å². The van der Waals surface area contributed by atoms with E-state index in [1.165, 1.54) is 0 Å². The summed E-state index contributed by atoms with van der Waals surface area (Å²) < 4.78 is 0. The van der Waals surface area contributed by atoms with Crippen LogP contribution in [0.1, 0.15) is 37.2 Å². The van der Waals surface area contributed by atoms with E-state index in [0.717, 1.165) is 11.1 Å². The van der Waals surface area contributed by atoms with E-state index in [1.807, 2.05) is 60.7 Å². The maximum absolute atomic E-state index is 10.4. The Morgan fingerprint density at radius 2 is 0.971 bits per heavy atom. The molecule has 0 saturated carbocycles. The van der Waals surface area contributed by atoms with E-state index >= 15 is 0 Å². The van der Waals surface area contributed by atoms with Gasteiger partial charge in [-0.25, -0.2) is 0 Å². The van der Waals surface area contributed by atoms with Crippen molar-refractivity contribution in [3.8, 4) is 0 Å². The van der Waals surface area contributed by atoms with Crippen molar-refractivity contribution in [3.63, 3.8) is 0 Å². The molecule has 2 aromatic rings. The van der Waals surface area contributed by atoms with E-state index in [9.17, 15) is 30.0 Å². The molecule has 0 radical (unpaired) electrons. The van der Waals surface area contributed by atoms with Gasteiger partial charge in [0, 0.05) is 25.2 Å². The van der Waals surface area contributed by atoms with E-state index in [1.54, 1.807) is 37.7 Å². The number of carboxylic acid groups (broad SMARTS) is 2. The molecule has 0 aliphatic heterocycles. The van der Waals surface area contributed by atoms with Gasteiger partial charge < -0.3 is 41.0 Å².